The molecule has 0 amide bonds. The first-order valence-electron chi connectivity index (χ1n) is 4.17. The lowest BCUT2D eigenvalue weighted by atomic mass is 10.4. The van der Waals surface area contributed by atoms with Crippen molar-refractivity contribution in [2.24, 2.45) is 10.7 Å². The van der Waals surface area contributed by atoms with Crippen LogP contribution in [0, 0.1) is 0 Å². The molecule has 0 saturated carbocycles. The largest absolute Gasteiger partial charge is 0.382 e. The summed E-state index contributed by atoms with van der Waals surface area (Å²) in [7, 11) is 0. The standard InChI is InChI=1S/C9H9N3S3/c1-13-6-2-4-14-7(6)8(10)12-9-11-3-5-15-9/h2-5H,1H3,(H2,10,11,12). The van der Waals surface area contributed by atoms with Crippen LogP contribution in [0.25, 0.3) is 0 Å². The van der Waals surface area contributed by atoms with Gasteiger partial charge in [0.1, 0.15) is 5.84 Å². The maximum Gasteiger partial charge on any atom is 0.211 e. The number of nitrogens with zero attached hydrogens (tertiary/aromatic N) is 2. The van der Waals surface area contributed by atoms with Gasteiger partial charge >= 0.3 is 0 Å². The summed E-state index contributed by atoms with van der Waals surface area (Å²) in [4.78, 5) is 10.5. The third-order valence-electron chi connectivity index (χ3n) is 1.72. The first kappa shape index (κ1) is 10.7. The molecule has 0 fully saturated rings. The van der Waals surface area contributed by atoms with Crippen LogP contribution in [-0.4, -0.2) is 17.1 Å². The Bertz CT molecular complexity index is 459. The molecule has 0 unspecified atom stereocenters. The molecule has 2 aromatic heterocycles. The molecule has 0 spiro atoms. The summed E-state index contributed by atoms with van der Waals surface area (Å²) >= 11 is 4.76. The molecule has 0 aliphatic heterocycles. The van der Waals surface area contributed by atoms with Crippen molar-refractivity contribution >= 4 is 45.4 Å². The topological polar surface area (TPSA) is 51.3 Å². The number of aliphatic imine (C=N–C) groups is 1. The average Bonchev–Trinajstić information content (AvgIpc) is 2.86. The van der Waals surface area contributed by atoms with Gasteiger partial charge in [-0.2, -0.15) is 0 Å². The minimum atomic E-state index is 0.546. The molecule has 0 aliphatic rings. The van der Waals surface area contributed by atoms with E-state index in [1.54, 1.807) is 29.3 Å². The quantitative estimate of drug-likeness (QED) is 0.521. The summed E-state index contributed by atoms with van der Waals surface area (Å²) in [6.07, 6.45) is 3.75. The van der Waals surface area contributed by atoms with E-state index in [4.69, 9.17) is 5.73 Å². The van der Waals surface area contributed by atoms with Gasteiger partial charge in [0.2, 0.25) is 5.13 Å². The van der Waals surface area contributed by atoms with E-state index in [0.717, 1.165) is 9.77 Å². The van der Waals surface area contributed by atoms with Crippen LogP contribution in [-0.2, 0) is 0 Å². The minimum Gasteiger partial charge on any atom is -0.382 e. The molecule has 2 N–H and O–H groups in total. The van der Waals surface area contributed by atoms with Gasteiger partial charge in [0, 0.05) is 16.5 Å². The van der Waals surface area contributed by atoms with Crippen molar-refractivity contribution in [3.8, 4) is 0 Å². The van der Waals surface area contributed by atoms with Gasteiger partial charge in [-0.05, 0) is 17.7 Å². The van der Waals surface area contributed by atoms with Gasteiger partial charge in [-0.3, -0.25) is 0 Å². The Labute approximate surface area is 100 Å². The van der Waals surface area contributed by atoms with Crippen molar-refractivity contribution in [2.75, 3.05) is 6.26 Å². The maximum atomic E-state index is 5.92. The Hall–Kier alpha value is -0.850. The number of rotatable bonds is 3. The molecule has 0 aromatic carbocycles. The van der Waals surface area contributed by atoms with Crippen molar-refractivity contribution in [1.82, 2.24) is 4.98 Å². The maximum absolute atomic E-state index is 5.92. The number of nitrogens with two attached hydrogens (primary N) is 1. The Morgan fingerprint density at radius 2 is 2.33 bits per heavy atom. The number of thiophene rings is 1. The van der Waals surface area contributed by atoms with Gasteiger partial charge in [0.25, 0.3) is 0 Å². The van der Waals surface area contributed by atoms with Gasteiger partial charge in [0.05, 0.1) is 4.88 Å². The second kappa shape index (κ2) is 4.78. The highest BCUT2D eigenvalue weighted by molar-refractivity contribution is 7.98. The summed E-state index contributed by atoms with van der Waals surface area (Å²) in [6, 6.07) is 2.05. The molecule has 0 saturated heterocycles. The fraction of sp³-hybridized carbons (Fsp3) is 0.111. The Morgan fingerprint density at radius 3 is 3.00 bits per heavy atom. The molecule has 0 radical (unpaired) electrons. The fourth-order valence-corrected chi connectivity index (χ4v) is 3.25. The summed E-state index contributed by atoms with van der Waals surface area (Å²) in [5.74, 6) is 0.546. The smallest absolute Gasteiger partial charge is 0.211 e. The molecule has 78 valence electrons. The zero-order valence-electron chi connectivity index (χ0n) is 8.01. The van der Waals surface area contributed by atoms with Gasteiger partial charge in [0.15, 0.2) is 0 Å². The van der Waals surface area contributed by atoms with Crippen molar-refractivity contribution in [3.05, 3.63) is 27.9 Å². The predicted molar refractivity (Wildman–Crippen MR) is 68.6 cm³/mol. The van der Waals surface area contributed by atoms with Crippen LogP contribution in [0.15, 0.2) is 32.9 Å². The monoisotopic (exact) mass is 255 g/mol. The number of amidine groups is 1. The van der Waals surface area contributed by atoms with Crippen molar-refractivity contribution < 1.29 is 0 Å². The van der Waals surface area contributed by atoms with E-state index in [1.165, 1.54) is 11.3 Å². The van der Waals surface area contributed by atoms with E-state index in [0.29, 0.717) is 11.0 Å². The lowest BCUT2D eigenvalue weighted by Gasteiger charge is -1.98. The third kappa shape index (κ3) is 2.39. The predicted octanol–water partition coefficient (Wildman–Crippen LogP) is 2.96. The number of hydrogen-bond acceptors (Lipinski definition) is 5. The fourth-order valence-electron chi connectivity index (χ4n) is 1.07. The summed E-state index contributed by atoms with van der Waals surface area (Å²) in [5, 5.41) is 4.61. The van der Waals surface area contributed by atoms with Crippen LogP contribution in [0.4, 0.5) is 5.13 Å². The van der Waals surface area contributed by atoms with Gasteiger partial charge in [-0.15, -0.1) is 34.4 Å². The number of thiazole rings is 1. The average molecular weight is 255 g/mol. The van der Waals surface area contributed by atoms with Crippen LogP contribution < -0.4 is 5.73 Å². The molecule has 15 heavy (non-hydrogen) atoms. The lowest BCUT2D eigenvalue weighted by molar-refractivity contribution is 1.34. The molecule has 3 nitrogen and oxygen atoms in total. The van der Waals surface area contributed by atoms with Crippen molar-refractivity contribution in [1.29, 1.82) is 0 Å². The molecular formula is C9H9N3S3. The molecule has 2 heterocycles. The zero-order chi connectivity index (χ0) is 10.7. The lowest BCUT2D eigenvalue weighted by Crippen LogP contribution is -2.11. The Morgan fingerprint density at radius 1 is 1.47 bits per heavy atom. The van der Waals surface area contributed by atoms with E-state index in [1.807, 2.05) is 17.0 Å². The number of aromatic nitrogens is 1. The first-order chi connectivity index (χ1) is 7.31. The molecule has 0 aliphatic carbocycles. The first-order valence-corrected chi connectivity index (χ1v) is 7.15. The summed E-state index contributed by atoms with van der Waals surface area (Å²) in [5.41, 5.74) is 5.92. The van der Waals surface area contributed by atoms with Crippen LogP contribution in [0.5, 0.6) is 0 Å². The number of thioether (sulfide) groups is 1. The van der Waals surface area contributed by atoms with E-state index >= 15 is 0 Å². The van der Waals surface area contributed by atoms with Gasteiger partial charge in [-0.25, -0.2) is 9.98 Å². The van der Waals surface area contributed by atoms with E-state index in [-0.39, 0.29) is 0 Å². The zero-order valence-corrected chi connectivity index (χ0v) is 10.5. The molecule has 0 bridgehead atoms. The molecule has 2 aromatic rings. The number of hydrogen-bond donors (Lipinski definition) is 1. The second-order valence-corrected chi connectivity index (χ2v) is 5.27. The highest BCUT2D eigenvalue weighted by Gasteiger charge is 2.07. The normalized spacial score (nSPS) is 11.9. The molecule has 2 rings (SSSR count). The summed E-state index contributed by atoms with van der Waals surface area (Å²) in [6.45, 7) is 0. The van der Waals surface area contributed by atoms with Crippen molar-refractivity contribution in [3.63, 3.8) is 0 Å². The van der Waals surface area contributed by atoms with E-state index in [2.05, 4.69) is 16.0 Å². The van der Waals surface area contributed by atoms with Gasteiger partial charge < -0.3 is 5.73 Å². The highest BCUT2D eigenvalue weighted by Crippen LogP contribution is 2.26. The van der Waals surface area contributed by atoms with Crippen molar-refractivity contribution in [2.45, 2.75) is 4.90 Å². The highest BCUT2D eigenvalue weighted by atomic mass is 32.2. The van der Waals surface area contributed by atoms with E-state index < -0.39 is 0 Å². The Kier molecular flexibility index (Phi) is 3.40. The SMILES string of the molecule is CSc1ccsc1C(N)=Nc1nccs1. The van der Waals surface area contributed by atoms with Gasteiger partial charge in [-0.1, -0.05) is 0 Å². The Balaban J connectivity index is 2.31. The third-order valence-corrected chi connectivity index (χ3v) is 4.23. The van der Waals surface area contributed by atoms with Crippen LogP contribution in [0.2, 0.25) is 0 Å². The van der Waals surface area contributed by atoms with Crippen LogP contribution in [0.1, 0.15) is 4.88 Å². The van der Waals surface area contributed by atoms with Crippen LogP contribution >= 0.6 is 34.4 Å². The second-order valence-electron chi connectivity index (χ2n) is 2.63. The minimum absolute atomic E-state index is 0.546. The summed E-state index contributed by atoms with van der Waals surface area (Å²) < 4.78 is 0. The van der Waals surface area contributed by atoms with Crippen LogP contribution in [0.3, 0.4) is 0 Å². The molecule has 6 heteroatoms. The molecule has 0 atom stereocenters. The van der Waals surface area contributed by atoms with E-state index in [9.17, 15) is 0 Å². The molecular weight excluding hydrogens is 246 g/mol.